The maximum atomic E-state index is 3.61. The van der Waals surface area contributed by atoms with E-state index in [1.807, 2.05) is 0 Å². The fraction of sp³-hybridized carbons (Fsp3) is 0.684. The highest BCUT2D eigenvalue weighted by Crippen LogP contribution is 2.35. The molecule has 1 saturated heterocycles. The summed E-state index contributed by atoms with van der Waals surface area (Å²) in [4.78, 5) is 2.52. The van der Waals surface area contributed by atoms with E-state index in [-0.39, 0.29) is 0 Å². The van der Waals surface area contributed by atoms with Crippen molar-refractivity contribution >= 4 is 0 Å². The van der Waals surface area contributed by atoms with E-state index in [9.17, 15) is 0 Å². The molecule has 2 heteroatoms. The first kappa shape index (κ1) is 16.5. The Hall–Kier alpha value is -0.860. The lowest BCUT2D eigenvalue weighted by Crippen LogP contribution is -2.28. The number of benzene rings is 1. The molecule has 0 aromatic heterocycles. The summed E-state index contributed by atoms with van der Waals surface area (Å²) in [6, 6.07) is 9.96. The van der Waals surface area contributed by atoms with Crippen LogP contribution in [0, 0.1) is 11.8 Å². The van der Waals surface area contributed by atoms with Crippen molar-refractivity contribution in [3.8, 4) is 0 Å². The Morgan fingerprint density at radius 2 is 1.95 bits per heavy atom. The number of nitrogens with one attached hydrogen (secondary N) is 1. The zero-order valence-electron chi connectivity index (χ0n) is 14.2. The van der Waals surface area contributed by atoms with Crippen LogP contribution in [0.1, 0.15) is 50.8 Å². The van der Waals surface area contributed by atoms with Crippen molar-refractivity contribution in [2.75, 3.05) is 26.7 Å². The van der Waals surface area contributed by atoms with Crippen molar-refractivity contribution in [2.24, 2.45) is 11.8 Å². The van der Waals surface area contributed by atoms with Crippen LogP contribution in [-0.2, 0) is 6.42 Å². The Kier molecular flexibility index (Phi) is 6.25. The maximum Gasteiger partial charge on any atom is 0.0385 e. The van der Waals surface area contributed by atoms with Gasteiger partial charge in [0.1, 0.15) is 0 Å². The summed E-state index contributed by atoms with van der Waals surface area (Å²) >= 11 is 0. The lowest BCUT2D eigenvalue weighted by atomic mass is 9.92. The molecule has 1 heterocycles. The summed E-state index contributed by atoms with van der Waals surface area (Å²) in [5.41, 5.74) is 2.96. The van der Waals surface area contributed by atoms with Crippen LogP contribution in [0.3, 0.4) is 0 Å². The second-order valence-corrected chi connectivity index (χ2v) is 7.02. The molecule has 1 aromatic rings. The van der Waals surface area contributed by atoms with Gasteiger partial charge in [0.2, 0.25) is 0 Å². The molecule has 0 amide bonds. The zero-order chi connectivity index (χ0) is 15.2. The van der Waals surface area contributed by atoms with Gasteiger partial charge in [-0.2, -0.15) is 0 Å². The molecule has 1 aliphatic rings. The average molecular weight is 288 g/mol. The van der Waals surface area contributed by atoms with Crippen molar-refractivity contribution in [3.05, 3.63) is 35.4 Å². The van der Waals surface area contributed by atoms with Crippen LogP contribution in [0.25, 0.3) is 0 Å². The Balaban J connectivity index is 2.03. The van der Waals surface area contributed by atoms with Gasteiger partial charge in [0.05, 0.1) is 0 Å². The smallest absolute Gasteiger partial charge is 0.0385 e. The van der Waals surface area contributed by atoms with Gasteiger partial charge in [0.25, 0.3) is 0 Å². The first-order valence-electron chi connectivity index (χ1n) is 8.61. The monoisotopic (exact) mass is 288 g/mol. The van der Waals surface area contributed by atoms with E-state index in [0.717, 1.165) is 24.9 Å². The van der Waals surface area contributed by atoms with Crippen molar-refractivity contribution < 1.29 is 0 Å². The van der Waals surface area contributed by atoms with Crippen LogP contribution in [0.5, 0.6) is 0 Å². The van der Waals surface area contributed by atoms with Gasteiger partial charge in [0.15, 0.2) is 0 Å². The average Bonchev–Trinajstić information content (AvgIpc) is 2.81. The predicted molar refractivity (Wildman–Crippen MR) is 91.6 cm³/mol. The minimum atomic E-state index is 0.586. The molecule has 0 bridgehead atoms. The number of hydrogen-bond acceptors (Lipinski definition) is 2. The van der Waals surface area contributed by atoms with Gasteiger partial charge < -0.3 is 5.32 Å². The molecule has 1 N–H and O–H groups in total. The molecule has 0 spiro atoms. The first-order chi connectivity index (χ1) is 10.1. The van der Waals surface area contributed by atoms with E-state index >= 15 is 0 Å². The highest BCUT2D eigenvalue weighted by Gasteiger charge is 2.32. The second-order valence-electron chi connectivity index (χ2n) is 7.02. The fourth-order valence-corrected chi connectivity index (χ4v) is 3.55. The van der Waals surface area contributed by atoms with E-state index in [2.05, 4.69) is 62.3 Å². The minimum Gasteiger partial charge on any atom is -0.316 e. The SMILES string of the molecule is CCCNCC1CCN(C)C1c1ccc(CC(C)C)cc1. The normalized spacial score (nSPS) is 23.1. The molecule has 21 heavy (non-hydrogen) atoms. The number of nitrogens with zero attached hydrogens (tertiary/aromatic N) is 1. The van der Waals surface area contributed by atoms with Crippen molar-refractivity contribution in [1.82, 2.24) is 10.2 Å². The van der Waals surface area contributed by atoms with Gasteiger partial charge in [-0.3, -0.25) is 4.90 Å². The number of rotatable bonds is 7. The molecular weight excluding hydrogens is 256 g/mol. The van der Waals surface area contributed by atoms with E-state index in [1.54, 1.807) is 0 Å². The van der Waals surface area contributed by atoms with Crippen LogP contribution in [-0.4, -0.2) is 31.6 Å². The summed E-state index contributed by atoms with van der Waals surface area (Å²) in [5.74, 6) is 1.48. The van der Waals surface area contributed by atoms with E-state index in [4.69, 9.17) is 0 Å². The largest absolute Gasteiger partial charge is 0.316 e. The van der Waals surface area contributed by atoms with Crippen molar-refractivity contribution in [1.29, 1.82) is 0 Å². The zero-order valence-corrected chi connectivity index (χ0v) is 14.2. The van der Waals surface area contributed by atoms with Crippen LogP contribution < -0.4 is 5.32 Å². The summed E-state index contributed by atoms with van der Waals surface area (Å²) < 4.78 is 0. The lowest BCUT2D eigenvalue weighted by molar-refractivity contribution is 0.272. The highest BCUT2D eigenvalue weighted by atomic mass is 15.2. The Morgan fingerprint density at radius 3 is 2.57 bits per heavy atom. The van der Waals surface area contributed by atoms with E-state index in [0.29, 0.717) is 6.04 Å². The molecule has 2 rings (SSSR count). The molecule has 2 atom stereocenters. The van der Waals surface area contributed by atoms with Crippen LogP contribution in [0.15, 0.2) is 24.3 Å². The Morgan fingerprint density at radius 1 is 1.24 bits per heavy atom. The Labute approximate surface area is 130 Å². The second kappa shape index (κ2) is 7.95. The minimum absolute atomic E-state index is 0.586. The van der Waals surface area contributed by atoms with Gasteiger partial charge >= 0.3 is 0 Å². The van der Waals surface area contributed by atoms with Gasteiger partial charge in [-0.25, -0.2) is 0 Å². The van der Waals surface area contributed by atoms with Crippen LogP contribution in [0.4, 0.5) is 0 Å². The van der Waals surface area contributed by atoms with E-state index in [1.165, 1.54) is 36.9 Å². The third-order valence-corrected chi connectivity index (χ3v) is 4.57. The van der Waals surface area contributed by atoms with Crippen LogP contribution in [0.2, 0.25) is 0 Å². The molecule has 0 radical (unpaired) electrons. The summed E-state index contributed by atoms with van der Waals surface area (Å²) in [6.07, 6.45) is 3.71. The van der Waals surface area contributed by atoms with Gasteiger partial charge in [-0.15, -0.1) is 0 Å². The van der Waals surface area contributed by atoms with Gasteiger partial charge in [0, 0.05) is 6.04 Å². The van der Waals surface area contributed by atoms with Gasteiger partial charge in [-0.1, -0.05) is 45.0 Å². The first-order valence-corrected chi connectivity index (χ1v) is 8.61. The van der Waals surface area contributed by atoms with Gasteiger partial charge in [-0.05, 0) is 68.9 Å². The molecule has 0 saturated carbocycles. The van der Waals surface area contributed by atoms with Crippen molar-refractivity contribution in [2.45, 2.75) is 46.1 Å². The third-order valence-electron chi connectivity index (χ3n) is 4.57. The predicted octanol–water partition coefficient (Wildman–Crippen LogP) is 3.88. The molecular formula is C19H32N2. The number of hydrogen-bond donors (Lipinski definition) is 1. The topological polar surface area (TPSA) is 15.3 Å². The molecule has 1 aromatic carbocycles. The summed E-state index contributed by atoms with van der Waals surface area (Å²) in [7, 11) is 2.27. The molecule has 0 aliphatic carbocycles. The molecule has 2 unspecified atom stereocenters. The Bertz CT molecular complexity index is 410. The quantitative estimate of drug-likeness (QED) is 0.766. The van der Waals surface area contributed by atoms with E-state index < -0.39 is 0 Å². The van der Waals surface area contributed by atoms with Crippen molar-refractivity contribution in [3.63, 3.8) is 0 Å². The lowest BCUT2D eigenvalue weighted by Gasteiger charge is -2.26. The number of likely N-dealkylation sites (tertiary alicyclic amines) is 1. The third kappa shape index (κ3) is 4.55. The highest BCUT2D eigenvalue weighted by molar-refractivity contribution is 5.26. The molecule has 118 valence electrons. The molecule has 1 fully saturated rings. The summed E-state index contributed by atoms with van der Waals surface area (Å²) in [5, 5.41) is 3.61. The van der Waals surface area contributed by atoms with Crippen LogP contribution >= 0.6 is 0 Å². The summed E-state index contributed by atoms with van der Waals surface area (Å²) in [6.45, 7) is 10.3. The maximum absolute atomic E-state index is 3.61. The molecule has 1 aliphatic heterocycles. The fourth-order valence-electron chi connectivity index (χ4n) is 3.55. The molecule has 2 nitrogen and oxygen atoms in total. The standard InChI is InChI=1S/C19H32N2/c1-5-11-20-14-18-10-12-21(4)19(18)17-8-6-16(7-9-17)13-15(2)3/h6-9,15,18-20H,5,10-14H2,1-4H3.